The zero-order valence-corrected chi connectivity index (χ0v) is 8.40. The molecule has 3 aliphatic rings. The molecule has 0 saturated heterocycles. The van der Waals surface area contributed by atoms with E-state index in [1.165, 1.54) is 12.8 Å². The van der Waals surface area contributed by atoms with Crippen LogP contribution in [0.15, 0.2) is 12.2 Å². The molecule has 1 N–H and O–H groups in total. The lowest BCUT2D eigenvalue weighted by Crippen LogP contribution is -2.54. The van der Waals surface area contributed by atoms with E-state index in [9.17, 15) is 5.11 Å². The second-order valence-corrected chi connectivity index (χ2v) is 5.48. The molecule has 0 aromatic rings. The highest BCUT2D eigenvalue weighted by Gasteiger charge is 2.64. The topological polar surface area (TPSA) is 20.2 Å². The van der Waals surface area contributed by atoms with Crippen molar-refractivity contribution in [3.05, 3.63) is 12.2 Å². The highest BCUT2D eigenvalue weighted by Crippen LogP contribution is 2.68. The normalized spacial score (nSPS) is 63.2. The minimum Gasteiger partial charge on any atom is -0.389 e. The van der Waals surface area contributed by atoms with Crippen LogP contribution in [0.4, 0.5) is 0 Å². The van der Waals surface area contributed by atoms with Crippen LogP contribution in [0.2, 0.25) is 0 Å². The number of hydrogen-bond donors (Lipinski definition) is 1. The lowest BCUT2D eigenvalue weighted by atomic mass is 9.48. The average molecular weight is 178 g/mol. The molecule has 3 rings (SSSR count). The second kappa shape index (κ2) is 2.20. The van der Waals surface area contributed by atoms with Crippen molar-refractivity contribution in [3.8, 4) is 0 Å². The summed E-state index contributed by atoms with van der Waals surface area (Å²) in [5.74, 6) is 3.09. The van der Waals surface area contributed by atoms with Crippen molar-refractivity contribution in [2.75, 3.05) is 0 Å². The Hall–Kier alpha value is -0.300. The van der Waals surface area contributed by atoms with E-state index in [1.807, 2.05) is 6.08 Å². The number of fused-ring (bicyclic) bond motifs is 4. The van der Waals surface area contributed by atoms with Crippen molar-refractivity contribution in [1.82, 2.24) is 0 Å². The molecule has 13 heavy (non-hydrogen) atoms. The fourth-order valence-corrected chi connectivity index (χ4v) is 4.35. The van der Waals surface area contributed by atoms with Crippen molar-refractivity contribution in [3.63, 3.8) is 0 Å². The van der Waals surface area contributed by atoms with E-state index in [1.54, 1.807) is 0 Å². The van der Waals surface area contributed by atoms with E-state index < -0.39 is 0 Å². The summed E-state index contributed by atoms with van der Waals surface area (Å²) in [6.45, 7) is 4.69. The van der Waals surface area contributed by atoms with E-state index >= 15 is 0 Å². The first-order valence-corrected chi connectivity index (χ1v) is 5.52. The monoisotopic (exact) mass is 178 g/mol. The Morgan fingerprint density at radius 3 is 2.92 bits per heavy atom. The van der Waals surface area contributed by atoms with Crippen LogP contribution in [0.25, 0.3) is 0 Å². The predicted molar refractivity (Wildman–Crippen MR) is 52.1 cm³/mol. The van der Waals surface area contributed by atoms with Gasteiger partial charge in [-0.05, 0) is 29.6 Å². The summed E-state index contributed by atoms with van der Waals surface area (Å²) < 4.78 is 0. The van der Waals surface area contributed by atoms with Gasteiger partial charge < -0.3 is 5.11 Å². The average Bonchev–Trinajstić information content (AvgIpc) is 2.50. The Kier molecular flexibility index (Phi) is 1.36. The van der Waals surface area contributed by atoms with Crippen LogP contribution in [0.5, 0.6) is 0 Å². The van der Waals surface area contributed by atoms with Gasteiger partial charge in [-0.25, -0.2) is 0 Å². The van der Waals surface area contributed by atoms with Gasteiger partial charge in [0.15, 0.2) is 0 Å². The first-order valence-electron chi connectivity index (χ1n) is 5.52. The van der Waals surface area contributed by atoms with Crippen LogP contribution < -0.4 is 0 Å². The maximum absolute atomic E-state index is 9.86. The Morgan fingerprint density at radius 2 is 2.15 bits per heavy atom. The molecule has 0 amide bonds. The first-order chi connectivity index (χ1) is 6.14. The smallest absolute Gasteiger partial charge is 0.0760 e. The summed E-state index contributed by atoms with van der Waals surface area (Å²) in [5.41, 5.74) is 0.356. The van der Waals surface area contributed by atoms with Gasteiger partial charge in [0, 0.05) is 5.92 Å². The quantitative estimate of drug-likeness (QED) is 0.564. The first kappa shape index (κ1) is 8.05. The van der Waals surface area contributed by atoms with Crippen LogP contribution in [0.1, 0.15) is 26.7 Å². The number of hydrogen-bond acceptors (Lipinski definition) is 1. The summed E-state index contributed by atoms with van der Waals surface area (Å²) >= 11 is 0. The van der Waals surface area contributed by atoms with Crippen LogP contribution in [0, 0.1) is 29.1 Å². The van der Waals surface area contributed by atoms with Gasteiger partial charge >= 0.3 is 0 Å². The lowest BCUT2D eigenvalue weighted by Gasteiger charge is -2.56. The largest absolute Gasteiger partial charge is 0.389 e. The van der Waals surface area contributed by atoms with E-state index in [2.05, 4.69) is 19.9 Å². The molecule has 6 unspecified atom stereocenters. The molecule has 2 fully saturated rings. The molecule has 1 heteroatoms. The van der Waals surface area contributed by atoms with Gasteiger partial charge in [0.1, 0.15) is 0 Å². The molecular weight excluding hydrogens is 160 g/mol. The van der Waals surface area contributed by atoms with Gasteiger partial charge in [0.25, 0.3) is 0 Å². The highest BCUT2D eigenvalue weighted by molar-refractivity contribution is 5.26. The van der Waals surface area contributed by atoms with Crippen LogP contribution in [0.3, 0.4) is 0 Å². The van der Waals surface area contributed by atoms with E-state index in [-0.39, 0.29) is 6.10 Å². The van der Waals surface area contributed by atoms with Gasteiger partial charge in [-0.1, -0.05) is 32.4 Å². The summed E-state index contributed by atoms with van der Waals surface area (Å²) in [6, 6.07) is 0. The molecule has 1 nitrogen and oxygen atoms in total. The fourth-order valence-electron chi connectivity index (χ4n) is 4.35. The SMILES string of the molecule is CC1CCC2C1C1C(O)C=CC21C. The van der Waals surface area contributed by atoms with E-state index in [0.29, 0.717) is 11.3 Å². The van der Waals surface area contributed by atoms with Gasteiger partial charge in [-0.15, -0.1) is 0 Å². The molecule has 2 saturated carbocycles. The zero-order valence-electron chi connectivity index (χ0n) is 8.40. The molecule has 0 aromatic heterocycles. The van der Waals surface area contributed by atoms with Crippen LogP contribution in [-0.4, -0.2) is 11.2 Å². The number of allylic oxidation sites excluding steroid dienone is 1. The molecule has 0 aromatic carbocycles. The Bertz CT molecular complexity index is 270. The number of aliphatic hydroxyl groups is 1. The maximum atomic E-state index is 9.86. The number of aliphatic hydroxyl groups excluding tert-OH is 1. The van der Waals surface area contributed by atoms with Gasteiger partial charge in [-0.2, -0.15) is 0 Å². The van der Waals surface area contributed by atoms with Gasteiger partial charge in [-0.3, -0.25) is 0 Å². The van der Waals surface area contributed by atoms with Crippen molar-refractivity contribution in [2.24, 2.45) is 29.1 Å². The molecule has 72 valence electrons. The third-order valence-corrected chi connectivity index (χ3v) is 5.01. The molecular formula is C12H18O. The summed E-state index contributed by atoms with van der Waals surface area (Å²) in [7, 11) is 0. The van der Waals surface area contributed by atoms with Gasteiger partial charge in [0.05, 0.1) is 6.10 Å². The van der Waals surface area contributed by atoms with Crippen molar-refractivity contribution in [1.29, 1.82) is 0 Å². The molecule has 0 bridgehead atoms. The Balaban J connectivity index is 1.95. The van der Waals surface area contributed by atoms with Crippen molar-refractivity contribution in [2.45, 2.75) is 32.8 Å². The summed E-state index contributed by atoms with van der Waals surface area (Å²) in [6.07, 6.45) is 6.92. The van der Waals surface area contributed by atoms with Crippen LogP contribution >= 0.6 is 0 Å². The number of rotatable bonds is 0. The molecule has 0 spiro atoms. The van der Waals surface area contributed by atoms with Crippen LogP contribution in [-0.2, 0) is 0 Å². The molecule has 3 aliphatic carbocycles. The van der Waals surface area contributed by atoms with Crippen molar-refractivity contribution >= 4 is 0 Å². The van der Waals surface area contributed by atoms with E-state index in [4.69, 9.17) is 0 Å². The molecule has 0 aliphatic heterocycles. The Morgan fingerprint density at radius 1 is 1.38 bits per heavy atom. The second-order valence-electron chi connectivity index (χ2n) is 5.48. The lowest BCUT2D eigenvalue weighted by molar-refractivity contribution is -0.104. The molecule has 6 atom stereocenters. The Labute approximate surface area is 79.8 Å². The third-order valence-electron chi connectivity index (χ3n) is 5.01. The minimum absolute atomic E-state index is 0.146. The fraction of sp³-hybridized carbons (Fsp3) is 0.833. The zero-order chi connectivity index (χ0) is 9.22. The van der Waals surface area contributed by atoms with Gasteiger partial charge in [0.2, 0.25) is 0 Å². The van der Waals surface area contributed by atoms with E-state index in [0.717, 1.165) is 17.8 Å². The molecule has 0 radical (unpaired) electrons. The standard InChI is InChI=1S/C12H18O/c1-7-3-4-8-10(7)11-9(13)5-6-12(8,11)2/h5-11,13H,3-4H2,1-2H3. The minimum atomic E-state index is -0.146. The third kappa shape index (κ3) is 0.735. The summed E-state index contributed by atoms with van der Waals surface area (Å²) in [4.78, 5) is 0. The van der Waals surface area contributed by atoms with Crippen molar-refractivity contribution < 1.29 is 5.11 Å². The highest BCUT2D eigenvalue weighted by atomic mass is 16.3. The molecule has 0 heterocycles. The maximum Gasteiger partial charge on any atom is 0.0760 e. The summed E-state index contributed by atoms with van der Waals surface area (Å²) in [5, 5.41) is 9.86. The predicted octanol–water partition coefficient (Wildman–Crippen LogP) is 2.22.